The molecule has 0 N–H and O–H groups in total. The molecule has 6 heterocycles. The molecule has 0 radical (unpaired) electrons. The van der Waals surface area contributed by atoms with E-state index in [1.807, 2.05) is 18.2 Å². The molecule has 0 aliphatic carbocycles. The summed E-state index contributed by atoms with van der Waals surface area (Å²) in [5.74, 6) is 0.715. The summed E-state index contributed by atoms with van der Waals surface area (Å²) in [6.07, 6.45) is 0. The monoisotopic (exact) mass is 1360 g/mol. The first kappa shape index (κ1) is 56.1. The van der Waals surface area contributed by atoms with Gasteiger partial charge in [-0.2, -0.15) is 0 Å². The van der Waals surface area contributed by atoms with Gasteiger partial charge in [0.2, 0.25) is 0 Å². The lowest BCUT2D eigenvalue weighted by Gasteiger charge is -2.45. The molecule has 4 aromatic heterocycles. The molecule has 0 saturated carbocycles. The van der Waals surface area contributed by atoms with E-state index in [4.69, 9.17) is 13.5 Å². The highest BCUT2D eigenvalue weighted by Crippen LogP contribution is 2.53. The molecule has 106 heavy (non-hydrogen) atoms. The maximum absolute atomic E-state index is 9.65. The summed E-state index contributed by atoms with van der Waals surface area (Å²) in [6, 6.07) is 115. The highest BCUT2D eigenvalue weighted by molar-refractivity contribution is 7.00. The number of rotatable bonds is 10. The van der Waals surface area contributed by atoms with Crippen LogP contribution in [0, 0.1) is 0 Å². The third kappa shape index (κ3) is 9.62. The fourth-order valence-electron chi connectivity index (χ4n) is 17.2. The van der Waals surface area contributed by atoms with Gasteiger partial charge in [-0.05, 0) is 145 Å². The van der Waals surface area contributed by atoms with Gasteiger partial charge in [-0.3, -0.25) is 4.57 Å². The second-order valence-corrected chi connectivity index (χ2v) is 29.0. The Bertz CT molecular complexity index is 6960. The Kier molecular flexibility index (Phi) is 12.7. The molecule has 0 saturated heterocycles. The Hall–Kier alpha value is -13.5. The third-order valence-electron chi connectivity index (χ3n) is 21.9. The molecule has 2 aliphatic heterocycles. The predicted molar refractivity (Wildman–Crippen MR) is 446 cm³/mol. The Labute approximate surface area is 622 Å². The van der Waals surface area contributed by atoms with Gasteiger partial charge in [0.1, 0.15) is 17.0 Å². The van der Waals surface area contributed by atoms with E-state index < -0.39 is 24.8 Å². The van der Waals surface area contributed by atoms with Gasteiger partial charge in [0.05, 0.1) is 57.1 Å². The molecule has 0 unspecified atom stereocenters. The first-order valence-corrected chi connectivity index (χ1v) is 36.3. The summed E-state index contributed by atoms with van der Waals surface area (Å²) in [7, 11) is 0. The van der Waals surface area contributed by atoms with E-state index in [2.05, 4.69) is 349 Å². The summed E-state index contributed by atoms with van der Waals surface area (Å²) in [5, 5.41) is 6.45. The minimum atomic E-state index is -0.583. The molecule has 21 rings (SSSR count). The van der Waals surface area contributed by atoms with Crippen molar-refractivity contribution in [3.8, 4) is 78.4 Å². The normalized spacial score (nSPS) is 13.3. The van der Waals surface area contributed by atoms with E-state index in [0.29, 0.717) is 11.4 Å². The number of fused-ring (bicyclic) bond motifs is 14. The van der Waals surface area contributed by atoms with Gasteiger partial charge < -0.3 is 18.8 Å². The second kappa shape index (κ2) is 24.1. The number of hydrogen-bond acceptors (Lipinski definition) is 4. The largest absolute Gasteiger partial charge is 0.456 e. The Morgan fingerprint density at radius 2 is 0.868 bits per heavy atom. The topological polar surface area (TPSA) is 42.4 Å². The number of para-hydroxylation sites is 6. The molecule has 0 amide bonds. The van der Waals surface area contributed by atoms with Crippen LogP contribution in [0.1, 0.15) is 33.2 Å². The maximum Gasteiger partial charge on any atom is 0.252 e. The molecule has 7 heteroatoms. The van der Waals surface area contributed by atoms with Gasteiger partial charge in [0.15, 0.2) is 0 Å². The van der Waals surface area contributed by atoms with Crippen LogP contribution in [0.25, 0.3) is 144 Å². The van der Waals surface area contributed by atoms with Gasteiger partial charge >= 0.3 is 0 Å². The molecule has 0 atom stereocenters. The number of pyridine rings is 1. The predicted octanol–water partition coefficient (Wildman–Crippen LogP) is 24.6. The van der Waals surface area contributed by atoms with E-state index in [9.17, 15) is 2.74 Å². The van der Waals surface area contributed by atoms with Crippen molar-refractivity contribution in [2.24, 2.45) is 0 Å². The lowest BCUT2D eigenvalue weighted by atomic mass is 9.33. The van der Waals surface area contributed by atoms with Crippen LogP contribution in [0.5, 0.6) is 0 Å². The Morgan fingerprint density at radius 3 is 1.54 bits per heavy atom. The van der Waals surface area contributed by atoms with Gasteiger partial charge in [-0.15, -0.1) is 0 Å². The molecule has 6 nitrogen and oxygen atoms in total. The van der Waals surface area contributed by atoms with E-state index in [1.54, 1.807) is 0 Å². The summed E-state index contributed by atoms with van der Waals surface area (Å²) >= 11 is 0. The first-order chi connectivity index (χ1) is 54.3. The molecule has 15 aromatic carbocycles. The number of benzene rings is 15. The van der Waals surface area contributed by atoms with Gasteiger partial charge in [0, 0.05) is 72.4 Å². The molecular formula is C99H68BN5O. The minimum absolute atomic E-state index is 0.125. The molecule has 0 spiro atoms. The van der Waals surface area contributed by atoms with Crippen LogP contribution in [0.3, 0.4) is 0 Å². The standard InChI is InChI=1S/C99H68BN5O/c1-99(2,3)71-37-26-36-67(56-71)70-59-90-96-91(60-70)104(97-74(65-32-12-6-13-33-65)43-27-44-75(97)66-34-14-7-15-35-66)89-54-51-69(58-82(89)100(96)81-57-68(63-28-8-4-9-29-63)50-53-88(81)103(90)84-45-21-16-38-73(84)64-30-10-5-11-31-64)83-61-72(102-85-46-22-17-39-76(85)77-40-18-23-47-86(77)102)62-94(101-83)105-87-48-24-19-41-78(87)79-52-55-93-95(98(79)105)80-42-20-25-49-92(80)106-93/h4-62H,1-3H3/i4D,8D,9D,28D,29D. The minimum Gasteiger partial charge on any atom is -0.456 e. The average molecular weight is 1360 g/mol. The van der Waals surface area contributed by atoms with Crippen molar-refractivity contribution in [1.29, 1.82) is 0 Å². The van der Waals surface area contributed by atoms with E-state index in [-0.39, 0.29) is 23.1 Å². The zero-order chi connectivity index (χ0) is 74.7. The molecule has 19 aromatic rings. The Balaban J connectivity index is 0.921. The SMILES string of the molecule is [2H]c1c([2H])c([2H])c(-c2ccc3c(c2)B2c4cc(-c5cc(-n6c7ccccc7c7ccccc76)cc(-n6c7ccccc7c7ccc8oc9ccccc9c8c76)n5)ccc4N(c4c(-c5ccccc5)cccc4-c4ccccc4)c4cc(-c5cccc(C(C)(C)C)c5)cc(c42)N3c2ccccc2-c2ccccc2)c([2H])c1[2H]. The summed E-state index contributed by atoms with van der Waals surface area (Å²) in [5.41, 5.74) is 26.6. The van der Waals surface area contributed by atoms with Crippen LogP contribution >= 0.6 is 0 Å². The fraction of sp³-hybridized carbons (Fsp3) is 0.0404. The van der Waals surface area contributed by atoms with Gasteiger partial charge in [-0.25, -0.2) is 4.98 Å². The highest BCUT2D eigenvalue weighted by Gasteiger charge is 2.45. The van der Waals surface area contributed by atoms with Crippen molar-refractivity contribution in [2.45, 2.75) is 26.2 Å². The summed E-state index contributed by atoms with van der Waals surface area (Å²) < 4.78 is 57.9. The average Bonchev–Trinajstić information content (AvgIpc) is 1.48. The van der Waals surface area contributed by atoms with Crippen molar-refractivity contribution in [3.63, 3.8) is 0 Å². The van der Waals surface area contributed by atoms with Crippen molar-refractivity contribution in [2.75, 3.05) is 9.80 Å². The molecule has 2 aliphatic rings. The number of aromatic nitrogens is 3. The quantitative estimate of drug-likeness (QED) is 0.128. The van der Waals surface area contributed by atoms with Crippen molar-refractivity contribution >= 4 is 123 Å². The van der Waals surface area contributed by atoms with Crippen LogP contribution in [0.4, 0.5) is 34.1 Å². The summed E-state index contributed by atoms with van der Waals surface area (Å²) in [6.45, 7) is 6.22. The van der Waals surface area contributed by atoms with Crippen molar-refractivity contribution in [3.05, 3.63) is 363 Å². The van der Waals surface area contributed by atoms with E-state index in [0.717, 1.165) is 178 Å². The van der Waals surface area contributed by atoms with Crippen LogP contribution in [0.15, 0.2) is 362 Å². The van der Waals surface area contributed by atoms with E-state index in [1.165, 1.54) is 5.56 Å². The smallest absolute Gasteiger partial charge is 0.252 e. The molecule has 0 bridgehead atoms. The highest BCUT2D eigenvalue weighted by atomic mass is 16.3. The second-order valence-electron chi connectivity index (χ2n) is 29.0. The van der Waals surface area contributed by atoms with Crippen LogP contribution in [0.2, 0.25) is 0 Å². The van der Waals surface area contributed by atoms with Gasteiger partial charge in [-0.1, -0.05) is 300 Å². The van der Waals surface area contributed by atoms with Crippen LogP contribution in [-0.4, -0.2) is 20.8 Å². The number of furan rings is 1. The zero-order valence-corrected chi connectivity index (χ0v) is 58.4. The third-order valence-corrected chi connectivity index (χ3v) is 21.9. The van der Waals surface area contributed by atoms with Crippen molar-refractivity contribution < 1.29 is 11.3 Å². The van der Waals surface area contributed by atoms with Crippen LogP contribution < -0.4 is 26.2 Å². The lowest BCUT2D eigenvalue weighted by molar-refractivity contribution is 0.590. The maximum atomic E-state index is 9.65. The summed E-state index contributed by atoms with van der Waals surface area (Å²) in [4.78, 5) is 11.0. The molecule has 0 fully saturated rings. The zero-order valence-electron chi connectivity index (χ0n) is 63.4. The number of nitrogens with zero attached hydrogens (tertiary/aromatic N) is 5. The number of hydrogen-bond donors (Lipinski definition) is 0. The van der Waals surface area contributed by atoms with Crippen LogP contribution in [-0.2, 0) is 5.41 Å². The molecule has 498 valence electrons. The van der Waals surface area contributed by atoms with Gasteiger partial charge in [0.25, 0.3) is 6.71 Å². The fourth-order valence-corrected chi connectivity index (χ4v) is 17.2. The first-order valence-electron chi connectivity index (χ1n) is 38.8. The Morgan fingerprint density at radius 1 is 0.349 bits per heavy atom. The number of anilines is 6. The van der Waals surface area contributed by atoms with Crippen molar-refractivity contribution in [1.82, 2.24) is 14.1 Å². The molecular weight excluding hydrogens is 1290 g/mol. The lowest BCUT2D eigenvalue weighted by Crippen LogP contribution is -2.61. The van der Waals surface area contributed by atoms with E-state index >= 15 is 0 Å².